The van der Waals surface area contributed by atoms with Crippen LogP contribution >= 0.6 is 0 Å². The maximum absolute atomic E-state index is 9.43. The summed E-state index contributed by atoms with van der Waals surface area (Å²) in [7, 11) is 0. The topological polar surface area (TPSA) is 76.3 Å². The third-order valence-electron chi connectivity index (χ3n) is 3.70. The Labute approximate surface area is 148 Å². The Morgan fingerprint density at radius 2 is 1.56 bits per heavy atom. The average molecular weight is 347 g/mol. The first-order valence-electron chi connectivity index (χ1n) is 8.56. The maximum atomic E-state index is 9.43. The summed E-state index contributed by atoms with van der Waals surface area (Å²) in [5, 5.41) is 9.43. The van der Waals surface area contributed by atoms with Gasteiger partial charge in [-0.15, -0.1) is 0 Å². The first-order chi connectivity index (χ1) is 12.3. The molecule has 0 bridgehead atoms. The van der Waals surface area contributed by atoms with Gasteiger partial charge in [-0.2, -0.15) is 5.26 Å². The van der Waals surface area contributed by atoms with Crippen molar-refractivity contribution >= 4 is 12.0 Å². The van der Waals surface area contributed by atoms with Crippen molar-refractivity contribution in [1.29, 1.82) is 5.26 Å². The zero-order valence-electron chi connectivity index (χ0n) is 14.9. The number of fused-ring (bicyclic) bond motifs is 1. The van der Waals surface area contributed by atoms with Crippen LogP contribution in [0.5, 0.6) is 11.5 Å². The smallest absolute Gasteiger partial charge is 0.163 e. The molecule has 25 heavy (non-hydrogen) atoms. The van der Waals surface area contributed by atoms with Crippen LogP contribution in [-0.4, -0.2) is 64.0 Å². The number of hydrogen-bond donors (Lipinski definition) is 0. The van der Waals surface area contributed by atoms with Crippen LogP contribution in [0.1, 0.15) is 19.4 Å². The van der Waals surface area contributed by atoms with E-state index in [2.05, 4.69) is 24.9 Å². The largest absolute Gasteiger partial charge is 0.487 e. The maximum Gasteiger partial charge on any atom is 0.163 e. The number of benzene rings is 1. The summed E-state index contributed by atoms with van der Waals surface area (Å²) in [5.41, 5.74) is 0.996. The Morgan fingerprint density at radius 1 is 1.00 bits per heavy atom. The van der Waals surface area contributed by atoms with E-state index in [1.807, 2.05) is 4.90 Å². The summed E-state index contributed by atoms with van der Waals surface area (Å²) < 4.78 is 22.3. The molecule has 7 heteroatoms. The van der Waals surface area contributed by atoms with Gasteiger partial charge in [-0.25, -0.2) is 4.99 Å². The lowest BCUT2D eigenvalue weighted by Crippen LogP contribution is -2.20. The highest BCUT2D eigenvalue weighted by molar-refractivity contribution is 5.68. The molecule has 0 unspecified atom stereocenters. The standard InChI is InChI=1S/C18H25N3O4/c1-3-21(4-2)14-20-16-12-18-17(11-15(16)13-19)24-9-7-22-5-6-23-8-10-25-18/h11-12,14H,3-10H2,1-2H3/b20-14+. The van der Waals surface area contributed by atoms with Crippen LogP contribution in [0.2, 0.25) is 0 Å². The fraction of sp³-hybridized carbons (Fsp3) is 0.556. The van der Waals surface area contributed by atoms with E-state index in [0.717, 1.165) is 13.1 Å². The van der Waals surface area contributed by atoms with Crippen molar-refractivity contribution < 1.29 is 18.9 Å². The quantitative estimate of drug-likeness (QED) is 0.615. The van der Waals surface area contributed by atoms with Crippen LogP contribution < -0.4 is 9.47 Å². The number of rotatable bonds is 4. The SMILES string of the molecule is CCN(/C=N/c1cc2c(cc1C#N)OCCOCCOCCO2)CC. The third kappa shape index (κ3) is 5.93. The zero-order chi connectivity index (χ0) is 17.9. The summed E-state index contributed by atoms with van der Waals surface area (Å²) in [5.74, 6) is 1.07. The molecule has 0 radical (unpaired) electrons. The van der Waals surface area contributed by atoms with E-state index >= 15 is 0 Å². The molecule has 0 saturated carbocycles. The van der Waals surface area contributed by atoms with Gasteiger partial charge in [0.2, 0.25) is 0 Å². The molecule has 0 amide bonds. The Morgan fingerprint density at radius 3 is 2.12 bits per heavy atom. The molecule has 1 heterocycles. The molecule has 0 aliphatic carbocycles. The second-order valence-electron chi connectivity index (χ2n) is 5.32. The summed E-state index contributed by atoms with van der Waals surface area (Å²) in [4.78, 5) is 6.49. The summed E-state index contributed by atoms with van der Waals surface area (Å²) >= 11 is 0. The molecule has 0 saturated heterocycles. The van der Waals surface area contributed by atoms with Crippen LogP contribution in [0.3, 0.4) is 0 Å². The number of nitriles is 1. The van der Waals surface area contributed by atoms with E-state index in [1.54, 1.807) is 18.5 Å². The van der Waals surface area contributed by atoms with Gasteiger partial charge in [0.15, 0.2) is 11.5 Å². The van der Waals surface area contributed by atoms with Gasteiger partial charge in [0.1, 0.15) is 19.3 Å². The van der Waals surface area contributed by atoms with Crippen molar-refractivity contribution in [2.45, 2.75) is 13.8 Å². The zero-order valence-corrected chi connectivity index (χ0v) is 14.9. The lowest BCUT2D eigenvalue weighted by molar-refractivity contribution is 0.0223. The van der Waals surface area contributed by atoms with Crippen molar-refractivity contribution in [3.63, 3.8) is 0 Å². The predicted octanol–water partition coefficient (Wildman–Crippen LogP) is 2.36. The van der Waals surface area contributed by atoms with E-state index in [9.17, 15) is 5.26 Å². The lowest BCUT2D eigenvalue weighted by atomic mass is 10.1. The van der Waals surface area contributed by atoms with Gasteiger partial charge in [0, 0.05) is 25.2 Å². The molecule has 136 valence electrons. The second-order valence-corrected chi connectivity index (χ2v) is 5.32. The molecule has 7 nitrogen and oxygen atoms in total. The van der Waals surface area contributed by atoms with Crippen LogP contribution in [-0.2, 0) is 9.47 Å². The fourth-order valence-corrected chi connectivity index (χ4v) is 2.25. The van der Waals surface area contributed by atoms with Crippen molar-refractivity contribution in [2.24, 2.45) is 4.99 Å². The molecule has 0 spiro atoms. The van der Waals surface area contributed by atoms with Crippen LogP contribution in [0.25, 0.3) is 0 Å². The monoisotopic (exact) mass is 347 g/mol. The van der Waals surface area contributed by atoms with Crippen molar-refractivity contribution in [2.75, 3.05) is 52.7 Å². The van der Waals surface area contributed by atoms with Crippen LogP contribution in [0.4, 0.5) is 5.69 Å². The molecule has 0 aromatic heterocycles. The summed E-state index contributed by atoms with van der Waals surface area (Å²) in [6.07, 6.45) is 1.75. The second kappa shape index (κ2) is 10.5. The fourth-order valence-electron chi connectivity index (χ4n) is 2.25. The number of aliphatic imine (C=N–C) groups is 1. The summed E-state index contributed by atoms with van der Waals surface area (Å²) in [6, 6.07) is 5.57. The molecule has 1 aliphatic heterocycles. The van der Waals surface area contributed by atoms with Gasteiger partial charge in [0.05, 0.1) is 44.0 Å². The minimum Gasteiger partial charge on any atom is -0.487 e. The van der Waals surface area contributed by atoms with Gasteiger partial charge < -0.3 is 23.8 Å². The predicted molar refractivity (Wildman–Crippen MR) is 94.9 cm³/mol. The van der Waals surface area contributed by atoms with E-state index in [0.29, 0.717) is 62.4 Å². The van der Waals surface area contributed by atoms with Crippen molar-refractivity contribution in [1.82, 2.24) is 4.90 Å². The first-order valence-corrected chi connectivity index (χ1v) is 8.56. The molecule has 1 aromatic carbocycles. The van der Waals surface area contributed by atoms with Gasteiger partial charge in [-0.05, 0) is 13.8 Å². The molecular weight excluding hydrogens is 322 g/mol. The van der Waals surface area contributed by atoms with Crippen LogP contribution in [0, 0.1) is 11.3 Å². The first kappa shape index (κ1) is 19.0. The molecule has 1 aromatic rings. The number of nitrogens with zero attached hydrogens (tertiary/aromatic N) is 3. The van der Waals surface area contributed by atoms with E-state index in [1.165, 1.54) is 0 Å². The molecule has 0 fully saturated rings. The summed E-state index contributed by atoms with van der Waals surface area (Å²) in [6.45, 7) is 8.55. The number of hydrogen-bond acceptors (Lipinski definition) is 6. The van der Waals surface area contributed by atoms with Gasteiger partial charge in [-0.3, -0.25) is 0 Å². The Balaban J connectivity index is 2.26. The average Bonchev–Trinajstić information content (AvgIpc) is 2.63. The van der Waals surface area contributed by atoms with Crippen molar-refractivity contribution in [3.8, 4) is 17.6 Å². The van der Waals surface area contributed by atoms with Crippen molar-refractivity contribution in [3.05, 3.63) is 17.7 Å². The molecular formula is C18H25N3O4. The lowest BCUT2D eigenvalue weighted by Gasteiger charge is -2.17. The highest BCUT2D eigenvalue weighted by Gasteiger charge is 2.13. The Bertz CT molecular complexity index is 609. The third-order valence-corrected chi connectivity index (χ3v) is 3.70. The highest BCUT2D eigenvalue weighted by Crippen LogP contribution is 2.35. The Kier molecular flexibility index (Phi) is 8.02. The molecule has 0 N–H and O–H groups in total. The molecule has 0 atom stereocenters. The number of ether oxygens (including phenoxy) is 4. The van der Waals surface area contributed by atoms with Gasteiger partial charge in [-0.1, -0.05) is 0 Å². The van der Waals surface area contributed by atoms with Gasteiger partial charge in [0.25, 0.3) is 0 Å². The minimum atomic E-state index is 0.378. The van der Waals surface area contributed by atoms with E-state index < -0.39 is 0 Å². The Hall–Kier alpha value is -2.30. The highest BCUT2D eigenvalue weighted by atomic mass is 16.6. The molecule has 2 rings (SSSR count). The van der Waals surface area contributed by atoms with E-state index in [-0.39, 0.29) is 0 Å². The van der Waals surface area contributed by atoms with Gasteiger partial charge >= 0.3 is 0 Å². The van der Waals surface area contributed by atoms with E-state index in [4.69, 9.17) is 18.9 Å². The normalized spacial score (nSPS) is 15.9. The van der Waals surface area contributed by atoms with Crippen LogP contribution in [0.15, 0.2) is 17.1 Å². The molecule has 1 aliphatic rings. The minimum absolute atomic E-state index is 0.378.